The lowest BCUT2D eigenvalue weighted by molar-refractivity contribution is -0.122. The van der Waals surface area contributed by atoms with Gasteiger partial charge in [-0.3, -0.25) is 19.8 Å². The highest BCUT2D eigenvalue weighted by Gasteiger charge is 2.34. The fourth-order valence-electron chi connectivity index (χ4n) is 2.57. The molecule has 3 rings (SSSR count). The molecule has 1 N–H and O–H groups in total. The molecule has 1 saturated heterocycles. The lowest BCUT2D eigenvalue weighted by Gasteiger charge is -2.28. The van der Waals surface area contributed by atoms with Crippen LogP contribution in [0.1, 0.15) is 18.9 Å². The second-order valence-electron chi connectivity index (χ2n) is 5.83. The zero-order chi connectivity index (χ0) is 19.4. The molecule has 27 heavy (non-hydrogen) atoms. The van der Waals surface area contributed by atoms with Crippen molar-refractivity contribution in [3.05, 3.63) is 64.1 Å². The summed E-state index contributed by atoms with van der Waals surface area (Å²) in [5.41, 5.74) is 1.31. The number of hydrogen-bond donors (Lipinski definition) is 1. The van der Waals surface area contributed by atoms with Crippen molar-refractivity contribution in [3.8, 4) is 5.75 Å². The molecule has 1 heterocycles. The summed E-state index contributed by atoms with van der Waals surface area (Å²) in [5, 5.41) is 2.64. The summed E-state index contributed by atoms with van der Waals surface area (Å²) in [6.45, 7) is 2.65. The van der Waals surface area contributed by atoms with Gasteiger partial charge in [0.15, 0.2) is 5.11 Å². The fraction of sp³-hybridized carbons (Fsp3) is 0.150. The molecule has 0 bridgehead atoms. The molecule has 2 aromatic rings. The summed E-state index contributed by atoms with van der Waals surface area (Å²) in [6, 6.07) is 14.4. The minimum atomic E-state index is -0.514. The third kappa shape index (κ3) is 4.26. The Kier molecular flexibility index (Phi) is 6.03. The predicted octanol–water partition coefficient (Wildman–Crippen LogP) is 4.07. The van der Waals surface area contributed by atoms with Crippen molar-refractivity contribution >= 4 is 56.8 Å². The molecule has 0 atom stereocenters. The lowest BCUT2D eigenvalue weighted by Crippen LogP contribution is -2.54. The van der Waals surface area contributed by atoms with Crippen LogP contribution < -0.4 is 15.0 Å². The summed E-state index contributed by atoms with van der Waals surface area (Å²) < 4.78 is 6.38. The molecule has 0 unspecified atom stereocenters. The van der Waals surface area contributed by atoms with Gasteiger partial charge in [-0.2, -0.15) is 0 Å². The first kappa shape index (κ1) is 19.3. The molecule has 1 aliphatic rings. The van der Waals surface area contributed by atoms with Crippen LogP contribution in [0.2, 0.25) is 0 Å². The first-order valence-corrected chi connectivity index (χ1v) is 9.60. The van der Waals surface area contributed by atoms with E-state index in [2.05, 4.69) is 21.2 Å². The second kappa shape index (κ2) is 8.45. The van der Waals surface area contributed by atoms with Crippen molar-refractivity contribution in [1.82, 2.24) is 5.32 Å². The van der Waals surface area contributed by atoms with Gasteiger partial charge >= 0.3 is 0 Å². The maximum atomic E-state index is 12.9. The summed E-state index contributed by atoms with van der Waals surface area (Å²) in [4.78, 5) is 26.6. The van der Waals surface area contributed by atoms with Crippen molar-refractivity contribution < 1.29 is 14.3 Å². The van der Waals surface area contributed by atoms with E-state index in [1.807, 2.05) is 13.0 Å². The van der Waals surface area contributed by atoms with E-state index >= 15 is 0 Å². The van der Waals surface area contributed by atoms with Gasteiger partial charge in [-0.15, -0.1) is 0 Å². The number of nitrogens with one attached hydrogen (secondary N) is 1. The number of amides is 2. The lowest BCUT2D eigenvalue weighted by atomic mass is 10.1. The number of nitrogens with zero attached hydrogens (tertiary/aromatic N) is 1. The molecule has 7 heteroatoms. The zero-order valence-electron chi connectivity index (χ0n) is 14.6. The topological polar surface area (TPSA) is 58.6 Å². The third-order valence-corrected chi connectivity index (χ3v) is 4.75. The van der Waals surface area contributed by atoms with Crippen molar-refractivity contribution in [2.45, 2.75) is 13.3 Å². The maximum absolute atomic E-state index is 12.9. The molecule has 138 valence electrons. The Hall–Kier alpha value is -2.51. The Bertz CT molecular complexity index is 928. The van der Waals surface area contributed by atoms with Gasteiger partial charge in [0.05, 0.1) is 16.8 Å². The Labute approximate surface area is 171 Å². The number of carbonyl (C=O) groups excluding carboxylic acids is 2. The van der Waals surface area contributed by atoms with E-state index < -0.39 is 11.8 Å². The standard InChI is InChI=1S/C20H17BrN2O3S/c1-2-10-26-17-9-8-13(12-16(17)21)11-15-18(24)22-20(27)23(19(15)25)14-6-4-3-5-7-14/h3-9,11-12H,2,10H2,1H3,(H,22,24,27)/b15-11-. The van der Waals surface area contributed by atoms with Gasteiger partial charge < -0.3 is 4.74 Å². The van der Waals surface area contributed by atoms with Crippen molar-refractivity contribution in [2.75, 3.05) is 11.5 Å². The molecule has 0 spiro atoms. The van der Waals surface area contributed by atoms with E-state index in [0.717, 1.165) is 10.9 Å². The monoisotopic (exact) mass is 444 g/mol. The third-order valence-electron chi connectivity index (χ3n) is 3.84. The zero-order valence-corrected chi connectivity index (χ0v) is 17.0. The quantitative estimate of drug-likeness (QED) is 0.428. The van der Waals surface area contributed by atoms with Gasteiger partial charge in [0, 0.05) is 0 Å². The van der Waals surface area contributed by atoms with Crippen LogP contribution in [0.15, 0.2) is 58.6 Å². The van der Waals surface area contributed by atoms with Gasteiger partial charge in [0.2, 0.25) is 0 Å². The van der Waals surface area contributed by atoms with Crippen LogP contribution >= 0.6 is 28.1 Å². The van der Waals surface area contributed by atoms with E-state index in [-0.39, 0.29) is 10.7 Å². The number of carbonyl (C=O) groups is 2. The van der Waals surface area contributed by atoms with E-state index in [9.17, 15) is 9.59 Å². The van der Waals surface area contributed by atoms with Crippen LogP contribution in [0, 0.1) is 0 Å². The van der Waals surface area contributed by atoms with Crippen LogP contribution in [0.25, 0.3) is 6.08 Å². The Morgan fingerprint density at radius 2 is 1.93 bits per heavy atom. The SMILES string of the molecule is CCCOc1ccc(/C=C2/C(=O)NC(=S)N(c3ccccc3)C2=O)cc1Br. The number of ether oxygens (including phenoxy) is 1. The van der Waals surface area contributed by atoms with Gasteiger partial charge in [0.1, 0.15) is 11.3 Å². The van der Waals surface area contributed by atoms with Gasteiger partial charge in [-0.05, 0) is 70.5 Å². The highest BCUT2D eigenvalue weighted by atomic mass is 79.9. The Balaban J connectivity index is 1.92. The van der Waals surface area contributed by atoms with Gasteiger partial charge in [-0.25, -0.2) is 0 Å². The molecule has 2 aromatic carbocycles. The Morgan fingerprint density at radius 3 is 2.59 bits per heavy atom. The van der Waals surface area contributed by atoms with Crippen LogP contribution in [-0.2, 0) is 9.59 Å². The number of halogens is 1. The summed E-state index contributed by atoms with van der Waals surface area (Å²) in [5.74, 6) is -0.262. The van der Waals surface area contributed by atoms with Crippen molar-refractivity contribution in [2.24, 2.45) is 0 Å². The molecule has 1 aliphatic heterocycles. The van der Waals surface area contributed by atoms with Crippen LogP contribution in [-0.4, -0.2) is 23.5 Å². The van der Waals surface area contributed by atoms with Gasteiger partial charge in [-0.1, -0.05) is 31.2 Å². The number of rotatable bonds is 5. The maximum Gasteiger partial charge on any atom is 0.270 e. The average Bonchev–Trinajstić information content (AvgIpc) is 2.65. The molecule has 2 amide bonds. The van der Waals surface area contributed by atoms with Crippen molar-refractivity contribution in [1.29, 1.82) is 0 Å². The van der Waals surface area contributed by atoms with Crippen LogP contribution in [0.3, 0.4) is 0 Å². The molecule has 0 aliphatic carbocycles. The molecular weight excluding hydrogens is 428 g/mol. The summed E-state index contributed by atoms with van der Waals surface area (Å²) in [7, 11) is 0. The Morgan fingerprint density at radius 1 is 1.19 bits per heavy atom. The van der Waals surface area contributed by atoms with E-state index in [1.165, 1.54) is 4.90 Å². The van der Waals surface area contributed by atoms with Gasteiger partial charge in [0.25, 0.3) is 11.8 Å². The number of para-hydroxylation sites is 1. The van der Waals surface area contributed by atoms with Crippen LogP contribution in [0.5, 0.6) is 5.75 Å². The minimum absolute atomic E-state index is 0.0154. The smallest absolute Gasteiger partial charge is 0.270 e. The first-order chi connectivity index (χ1) is 13.0. The molecule has 0 aromatic heterocycles. The summed E-state index contributed by atoms with van der Waals surface area (Å²) in [6.07, 6.45) is 2.45. The van der Waals surface area contributed by atoms with Crippen LogP contribution in [0.4, 0.5) is 5.69 Å². The number of benzene rings is 2. The molecular formula is C20H17BrN2O3S. The highest BCUT2D eigenvalue weighted by Crippen LogP contribution is 2.28. The van der Waals surface area contributed by atoms with E-state index in [4.69, 9.17) is 17.0 Å². The molecule has 5 nitrogen and oxygen atoms in total. The summed E-state index contributed by atoms with van der Waals surface area (Å²) >= 11 is 8.64. The molecule has 0 saturated carbocycles. The fourth-order valence-corrected chi connectivity index (χ4v) is 3.36. The predicted molar refractivity (Wildman–Crippen MR) is 113 cm³/mol. The number of thiocarbonyl (C=S) groups is 1. The van der Waals surface area contributed by atoms with E-state index in [0.29, 0.717) is 23.6 Å². The number of hydrogen-bond acceptors (Lipinski definition) is 4. The van der Waals surface area contributed by atoms with Crippen molar-refractivity contribution in [3.63, 3.8) is 0 Å². The molecule has 0 radical (unpaired) electrons. The highest BCUT2D eigenvalue weighted by molar-refractivity contribution is 9.10. The second-order valence-corrected chi connectivity index (χ2v) is 7.07. The normalized spacial score (nSPS) is 15.9. The average molecular weight is 445 g/mol. The van der Waals surface area contributed by atoms with E-state index in [1.54, 1.807) is 48.5 Å². The largest absolute Gasteiger partial charge is 0.492 e. The first-order valence-electron chi connectivity index (χ1n) is 8.40. The minimum Gasteiger partial charge on any atom is -0.492 e. The number of anilines is 1. The molecule has 1 fully saturated rings.